The molecule has 1 radical (unpaired) electrons. The Morgan fingerprint density at radius 1 is 1.00 bits per heavy atom. The molecule has 0 rings (SSSR count). The van der Waals surface area contributed by atoms with Gasteiger partial charge in [0.2, 0.25) is 0 Å². The molecule has 4 nitrogen and oxygen atoms in total. The van der Waals surface area contributed by atoms with Crippen LogP contribution in [0.2, 0.25) is 0 Å². The van der Waals surface area contributed by atoms with E-state index in [4.69, 9.17) is 10.4 Å². The molecule has 0 aromatic heterocycles. The topological polar surface area (TPSA) is 65.2 Å². The Labute approximate surface area is 63.7 Å². The van der Waals surface area contributed by atoms with E-state index in [1.54, 1.807) is 0 Å². The molecular weight excluding hydrogens is 172 g/mol. The molecule has 0 unspecified atom stereocenters. The van der Waals surface area contributed by atoms with Crippen LogP contribution >= 0.6 is 0 Å². The maximum Gasteiger partial charge on any atom is 0.101 e. The Morgan fingerprint density at radius 2 is 1.22 bits per heavy atom. The summed E-state index contributed by atoms with van der Waals surface area (Å²) in [4.78, 5) is 0. The van der Waals surface area contributed by atoms with Crippen LogP contribution in [0.25, 0.3) is 0 Å². The Hall–Kier alpha value is -0.541. The first-order valence-electron chi connectivity index (χ1n) is 2.10. The second-order valence-corrected chi connectivity index (χ2v) is 1.37. The first-order valence-corrected chi connectivity index (χ1v) is 2.10. The summed E-state index contributed by atoms with van der Waals surface area (Å²) in [6.07, 6.45) is 0. The molecule has 0 aromatic rings. The first-order chi connectivity index (χ1) is 3.72. The van der Waals surface area contributed by atoms with Gasteiger partial charge in [0.15, 0.2) is 0 Å². The van der Waals surface area contributed by atoms with Crippen molar-refractivity contribution in [1.29, 1.82) is 0 Å². The molecule has 5 heteroatoms. The van der Waals surface area contributed by atoms with Crippen molar-refractivity contribution in [1.82, 2.24) is 0 Å². The van der Waals surface area contributed by atoms with Crippen molar-refractivity contribution in [2.75, 3.05) is 0 Å². The zero-order valence-corrected chi connectivity index (χ0v) is 6.03. The van der Waals surface area contributed by atoms with E-state index in [0.29, 0.717) is 11.4 Å². The number of nitrogens with zero attached hydrogens (tertiary/aromatic N) is 2. The van der Waals surface area contributed by atoms with Gasteiger partial charge in [-0.15, -0.1) is 0 Å². The van der Waals surface area contributed by atoms with Crippen molar-refractivity contribution in [2.24, 2.45) is 10.3 Å². The molecule has 0 saturated carbocycles. The van der Waals surface area contributed by atoms with Crippen molar-refractivity contribution in [3.05, 3.63) is 0 Å². The molecule has 0 heterocycles. The zero-order chi connectivity index (χ0) is 6.57. The van der Waals surface area contributed by atoms with E-state index >= 15 is 0 Å². The van der Waals surface area contributed by atoms with Gasteiger partial charge >= 0.3 is 0 Å². The Balaban J connectivity index is 0. The first kappa shape index (κ1) is 11.3. The minimum atomic E-state index is 0. The van der Waals surface area contributed by atoms with Crippen LogP contribution in [0, 0.1) is 0 Å². The molecule has 0 aliphatic heterocycles. The van der Waals surface area contributed by atoms with E-state index in [1.807, 2.05) is 0 Å². The quantitative estimate of drug-likeness (QED) is 0.269. The average Bonchev–Trinajstić information content (AvgIpc) is 1.84. The van der Waals surface area contributed by atoms with Gasteiger partial charge in [0.1, 0.15) is 11.4 Å². The maximum atomic E-state index is 8.03. The van der Waals surface area contributed by atoms with Gasteiger partial charge in [-0.25, -0.2) is 0 Å². The van der Waals surface area contributed by atoms with Crippen LogP contribution in [0.15, 0.2) is 10.3 Å². The van der Waals surface area contributed by atoms with E-state index in [2.05, 4.69) is 10.3 Å². The molecule has 2 N–H and O–H groups in total. The third kappa shape index (κ3) is 4.00. The van der Waals surface area contributed by atoms with Crippen LogP contribution in [0.4, 0.5) is 0 Å². The van der Waals surface area contributed by atoms with Crippen LogP contribution < -0.4 is 0 Å². The largest absolute Gasteiger partial charge is 0.411 e. The molecule has 9 heavy (non-hydrogen) atoms. The van der Waals surface area contributed by atoms with Gasteiger partial charge in [-0.1, -0.05) is 10.3 Å². The minimum absolute atomic E-state index is 0. The van der Waals surface area contributed by atoms with Gasteiger partial charge in [-0.3, -0.25) is 0 Å². The summed E-state index contributed by atoms with van der Waals surface area (Å²) in [6, 6.07) is 0. The molecule has 57 valence electrons. The van der Waals surface area contributed by atoms with Crippen molar-refractivity contribution >= 4 is 11.4 Å². The van der Waals surface area contributed by atoms with Gasteiger partial charge in [0, 0.05) is 17.1 Å². The molecule has 0 fully saturated rings. The summed E-state index contributed by atoms with van der Waals surface area (Å²) < 4.78 is 0. The Kier molecular flexibility index (Phi) is 7.01. The van der Waals surface area contributed by atoms with Gasteiger partial charge in [-0.2, -0.15) is 0 Å². The predicted molar refractivity (Wildman–Crippen MR) is 29.8 cm³/mol. The third-order valence-electron chi connectivity index (χ3n) is 0.824. The fourth-order valence-electron chi connectivity index (χ4n) is 0.145. The van der Waals surface area contributed by atoms with Crippen LogP contribution in [-0.4, -0.2) is 21.8 Å². The summed E-state index contributed by atoms with van der Waals surface area (Å²) in [6.45, 7) is 3.07. The normalized spacial score (nSPS) is 12.7. The second kappa shape index (κ2) is 5.59. The van der Waals surface area contributed by atoms with Crippen LogP contribution in [0.1, 0.15) is 13.8 Å². The van der Waals surface area contributed by atoms with Crippen LogP contribution in [-0.2, 0) is 17.1 Å². The van der Waals surface area contributed by atoms with Crippen molar-refractivity contribution in [2.45, 2.75) is 13.8 Å². The van der Waals surface area contributed by atoms with Crippen LogP contribution in [0.3, 0.4) is 0 Å². The summed E-state index contributed by atoms with van der Waals surface area (Å²) in [5, 5.41) is 21.6. The van der Waals surface area contributed by atoms with Gasteiger partial charge in [-0.05, 0) is 13.8 Å². The van der Waals surface area contributed by atoms with E-state index in [-0.39, 0.29) is 17.1 Å². The van der Waals surface area contributed by atoms with E-state index in [0.717, 1.165) is 0 Å². The Bertz CT molecular complexity index is 117. The number of rotatable bonds is 1. The molecule has 0 atom stereocenters. The maximum absolute atomic E-state index is 8.03. The fourth-order valence-corrected chi connectivity index (χ4v) is 0.145. The molecule has 0 amide bonds. The summed E-state index contributed by atoms with van der Waals surface area (Å²) in [7, 11) is 0. The smallest absolute Gasteiger partial charge is 0.101 e. The number of hydrogen-bond acceptors (Lipinski definition) is 4. The van der Waals surface area contributed by atoms with Crippen LogP contribution in [0.5, 0.6) is 0 Å². The van der Waals surface area contributed by atoms with E-state index < -0.39 is 0 Å². The van der Waals surface area contributed by atoms with E-state index in [1.165, 1.54) is 13.8 Å². The molecule has 0 saturated heterocycles. The molecule has 0 bridgehead atoms. The standard InChI is InChI=1S/C4H8N2O2.Cu/c1-3(5-7)4(2)6-8;/h7-8H,1-2H3;. The number of oxime groups is 2. The van der Waals surface area contributed by atoms with Crippen molar-refractivity contribution in [3.8, 4) is 0 Å². The molecular formula is C4H8CuN2O2. The molecule has 0 aliphatic rings. The van der Waals surface area contributed by atoms with Gasteiger partial charge in [0.25, 0.3) is 0 Å². The van der Waals surface area contributed by atoms with E-state index in [9.17, 15) is 0 Å². The zero-order valence-electron chi connectivity index (χ0n) is 5.09. The predicted octanol–water partition coefficient (Wildman–Crippen LogP) is 0.684. The van der Waals surface area contributed by atoms with Gasteiger partial charge in [0.05, 0.1) is 0 Å². The third-order valence-corrected chi connectivity index (χ3v) is 0.824. The monoisotopic (exact) mass is 179 g/mol. The Morgan fingerprint density at radius 3 is 1.33 bits per heavy atom. The fraction of sp³-hybridized carbons (Fsp3) is 0.500. The number of hydrogen-bond donors (Lipinski definition) is 2. The summed E-state index contributed by atoms with van der Waals surface area (Å²) in [5.74, 6) is 0. The molecule has 0 aliphatic carbocycles. The molecule has 0 spiro atoms. The van der Waals surface area contributed by atoms with Crippen molar-refractivity contribution in [3.63, 3.8) is 0 Å². The van der Waals surface area contributed by atoms with Gasteiger partial charge < -0.3 is 10.4 Å². The SMILES string of the molecule is CC(=NO)C(C)=NO.[Cu]. The second-order valence-electron chi connectivity index (χ2n) is 1.37. The molecule has 0 aromatic carbocycles. The average molecular weight is 180 g/mol. The minimum Gasteiger partial charge on any atom is -0.411 e. The summed E-state index contributed by atoms with van der Waals surface area (Å²) >= 11 is 0. The van der Waals surface area contributed by atoms with Crippen molar-refractivity contribution < 1.29 is 27.5 Å². The summed E-state index contributed by atoms with van der Waals surface area (Å²) in [5.41, 5.74) is 0.625.